The summed E-state index contributed by atoms with van der Waals surface area (Å²) < 4.78 is 19.0. The second-order valence-electron chi connectivity index (χ2n) is 5.12. The van der Waals surface area contributed by atoms with Gasteiger partial charge in [-0.2, -0.15) is 0 Å². The summed E-state index contributed by atoms with van der Waals surface area (Å²) in [5, 5.41) is 4.18. The zero-order valence-electron chi connectivity index (χ0n) is 12.7. The Hall–Kier alpha value is -1.82. The first-order valence-electron chi connectivity index (χ1n) is 6.94. The number of rotatable bonds is 3. The number of carbonyl (C=O) groups is 1. The van der Waals surface area contributed by atoms with Crippen molar-refractivity contribution in [2.75, 3.05) is 12.4 Å². The minimum atomic E-state index is -0.369. The lowest BCUT2D eigenvalue weighted by atomic mass is 10.2. The molecule has 0 bridgehead atoms. The summed E-state index contributed by atoms with van der Waals surface area (Å²) in [6.45, 7) is 1.72. The maximum Gasteiger partial charge on any atom is 0.267 e. The second kappa shape index (κ2) is 6.59. The maximum atomic E-state index is 13.2. The van der Waals surface area contributed by atoms with E-state index in [1.165, 1.54) is 36.6 Å². The van der Waals surface area contributed by atoms with Crippen molar-refractivity contribution < 1.29 is 13.9 Å². The smallest absolute Gasteiger partial charge is 0.267 e. The number of hydrogen-bond donors (Lipinski definition) is 1. The molecule has 0 radical (unpaired) electrons. The van der Waals surface area contributed by atoms with E-state index in [9.17, 15) is 9.18 Å². The Morgan fingerprint density at radius 2 is 1.96 bits per heavy atom. The van der Waals surface area contributed by atoms with Crippen molar-refractivity contribution in [1.29, 1.82) is 0 Å². The largest absolute Gasteiger partial charge is 0.495 e. The number of nitrogens with one attached hydrogen (secondary N) is 1. The van der Waals surface area contributed by atoms with Crippen LogP contribution in [-0.2, 0) is 0 Å². The van der Waals surface area contributed by atoms with Gasteiger partial charge in [-0.1, -0.05) is 23.2 Å². The minimum Gasteiger partial charge on any atom is -0.495 e. The van der Waals surface area contributed by atoms with Crippen LogP contribution in [0.1, 0.15) is 15.2 Å². The fraction of sp³-hybridized carbons (Fsp3) is 0.118. The number of carbonyl (C=O) groups excluding carboxylic acids is 1. The standard InChI is InChI=1S/C17H12Cl2FNO2S/c1-8-7-9(20)3-5-11(8)21-17(22)16-13(18)10-4-6-12(23-2)14(19)15(10)24-16/h3-7H,1-2H3,(H,21,22). The normalized spacial score (nSPS) is 10.9. The maximum absolute atomic E-state index is 13.2. The van der Waals surface area contributed by atoms with Crippen molar-refractivity contribution >= 4 is 56.2 Å². The molecule has 0 aliphatic rings. The van der Waals surface area contributed by atoms with Crippen molar-refractivity contribution in [2.45, 2.75) is 6.92 Å². The van der Waals surface area contributed by atoms with Gasteiger partial charge < -0.3 is 10.1 Å². The van der Waals surface area contributed by atoms with E-state index >= 15 is 0 Å². The lowest BCUT2D eigenvalue weighted by molar-refractivity contribution is 0.103. The summed E-state index contributed by atoms with van der Waals surface area (Å²) in [4.78, 5) is 12.9. The predicted molar refractivity (Wildman–Crippen MR) is 97.5 cm³/mol. The number of thiophene rings is 1. The molecule has 0 atom stereocenters. The van der Waals surface area contributed by atoms with Gasteiger partial charge in [-0.05, 0) is 42.8 Å². The van der Waals surface area contributed by atoms with Crippen molar-refractivity contribution in [3.63, 3.8) is 0 Å². The third kappa shape index (κ3) is 2.95. The molecule has 0 aliphatic carbocycles. The number of anilines is 1. The summed E-state index contributed by atoms with van der Waals surface area (Å²) in [5.41, 5.74) is 1.15. The molecule has 3 rings (SSSR count). The van der Waals surface area contributed by atoms with Crippen LogP contribution >= 0.6 is 34.5 Å². The Morgan fingerprint density at radius 1 is 1.21 bits per heavy atom. The minimum absolute atomic E-state index is 0.330. The van der Waals surface area contributed by atoms with Crippen molar-refractivity contribution in [1.82, 2.24) is 0 Å². The van der Waals surface area contributed by atoms with Crippen molar-refractivity contribution in [2.24, 2.45) is 0 Å². The Kier molecular flexibility index (Phi) is 4.67. The van der Waals surface area contributed by atoms with Crippen molar-refractivity contribution in [3.05, 3.63) is 56.6 Å². The van der Waals surface area contributed by atoms with Crippen LogP contribution in [0.4, 0.5) is 10.1 Å². The molecule has 24 heavy (non-hydrogen) atoms. The number of hydrogen-bond acceptors (Lipinski definition) is 3. The van der Waals surface area contributed by atoms with Crippen LogP contribution in [-0.4, -0.2) is 13.0 Å². The average molecular weight is 384 g/mol. The van der Waals surface area contributed by atoms with E-state index in [0.717, 1.165) is 0 Å². The first-order valence-corrected chi connectivity index (χ1v) is 8.51. The highest BCUT2D eigenvalue weighted by Crippen LogP contribution is 2.43. The zero-order valence-corrected chi connectivity index (χ0v) is 15.1. The molecule has 3 nitrogen and oxygen atoms in total. The SMILES string of the molecule is COc1ccc2c(Cl)c(C(=O)Nc3ccc(F)cc3C)sc2c1Cl. The topological polar surface area (TPSA) is 38.3 Å². The molecule has 1 amide bonds. The van der Waals surface area contributed by atoms with E-state index in [1.807, 2.05) is 0 Å². The average Bonchev–Trinajstić information content (AvgIpc) is 2.88. The summed E-state index contributed by atoms with van der Waals surface area (Å²) in [6, 6.07) is 7.62. The number of amides is 1. The van der Waals surface area contributed by atoms with Gasteiger partial charge in [-0.25, -0.2) is 4.39 Å². The Morgan fingerprint density at radius 3 is 2.62 bits per heavy atom. The molecular formula is C17H12Cl2FNO2S. The van der Waals surface area contributed by atoms with Gasteiger partial charge in [0.05, 0.1) is 16.8 Å². The van der Waals surface area contributed by atoms with Gasteiger partial charge in [0.15, 0.2) is 0 Å². The molecule has 124 valence electrons. The first kappa shape index (κ1) is 17.0. The summed E-state index contributed by atoms with van der Waals surface area (Å²) in [5.74, 6) is -0.210. The molecular weight excluding hydrogens is 372 g/mol. The quantitative estimate of drug-likeness (QED) is 0.609. The van der Waals surface area contributed by atoms with Crippen LogP contribution in [0.15, 0.2) is 30.3 Å². The lowest BCUT2D eigenvalue weighted by Crippen LogP contribution is -2.11. The molecule has 0 fully saturated rings. The van der Waals surface area contributed by atoms with E-state index in [2.05, 4.69) is 5.32 Å². The molecule has 1 N–H and O–H groups in total. The lowest BCUT2D eigenvalue weighted by Gasteiger charge is -2.07. The first-order chi connectivity index (χ1) is 11.4. The summed E-state index contributed by atoms with van der Waals surface area (Å²) in [7, 11) is 1.52. The van der Waals surface area contributed by atoms with Crippen LogP contribution in [0.3, 0.4) is 0 Å². The van der Waals surface area contributed by atoms with E-state index in [-0.39, 0.29) is 11.7 Å². The Balaban J connectivity index is 2.01. The van der Waals surface area contributed by atoms with Crippen molar-refractivity contribution in [3.8, 4) is 5.75 Å². The van der Waals surface area contributed by atoms with Gasteiger partial charge in [0.1, 0.15) is 21.5 Å². The Labute approximate surface area is 152 Å². The highest BCUT2D eigenvalue weighted by atomic mass is 35.5. The number of halogens is 3. The van der Waals surface area contributed by atoms with E-state index < -0.39 is 0 Å². The fourth-order valence-corrected chi connectivity index (χ4v) is 4.12. The molecule has 0 unspecified atom stereocenters. The van der Waals surface area contributed by atoms with Gasteiger partial charge in [0, 0.05) is 11.1 Å². The fourth-order valence-electron chi connectivity index (χ4n) is 2.33. The van der Waals surface area contributed by atoms with Gasteiger partial charge in [0.25, 0.3) is 5.91 Å². The number of ether oxygens (including phenoxy) is 1. The highest BCUT2D eigenvalue weighted by Gasteiger charge is 2.20. The molecule has 3 aromatic rings. The number of aryl methyl sites for hydroxylation is 1. The number of benzene rings is 2. The zero-order chi connectivity index (χ0) is 17.4. The molecule has 1 heterocycles. The predicted octanol–water partition coefficient (Wildman–Crippen LogP) is 5.92. The molecule has 2 aromatic carbocycles. The molecule has 1 aromatic heterocycles. The third-order valence-electron chi connectivity index (χ3n) is 3.56. The number of fused-ring (bicyclic) bond motifs is 1. The summed E-state index contributed by atoms with van der Waals surface area (Å²) in [6.07, 6.45) is 0. The highest BCUT2D eigenvalue weighted by molar-refractivity contribution is 7.22. The monoisotopic (exact) mass is 383 g/mol. The summed E-state index contributed by atoms with van der Waals surface area (Å²) >= 11 is 13.8. The Bertz CT molecular complexity index is 955. The van der Waals surface area contributed by atoms with Crippen LogP contribution in [0.5, 0.6) is 5.75 Å². The van der Waals surface area contributed by atoms with Gasteiger partial charge in [-0.15, -0.1) is 11.3 Å². The number of methoxy groups -OCH3 is 1. The van der Waals surface area contributed by atoms with Crippen LogP contribution in [0.2, 0.25) is 10.0 Å². The molecule has 0 saturated heterocycles. The van der Waals surface area contributed by atoms with Crippen LogP contribution in [0, 0.1) is 12.7 Å². The molecule has 7 heteroatoms. The third-order valence-corrected chi connectivity index (χ3v) is 5.78. The molecule has 0 spiro atoms. The molecule has 0 aliphatic heterocycles. The van der Waals surface area contributed by atoms with Crippen LogP contribution < -0.4 is 10.1 Å². The van der Waals surface area contributed by atoms with Gasteiger partial charge in [0.2, 0.25) is 0 Å². The van der Waals surface area contributed by atoms with E-state index in [4.69, 9.17) is 27.9 Å². The molecule has 0 saturated carbocycles. The second-order valence-corrected chi connectivity index (χ2v) is 6.89. The van der Waals surface area contributed by atoms with E-state index in [1.54, 1.807) is 19.1 Å². The van der Waals surface area contributed by atoms with E-state index in [0.29, 0.717) is 42.0 Å². The van der Waals surface area contributed by atoms with Gasteiger partial charge in [-0.3, -0.25) is 4.79 Å². The van der Waals surface area contributed by atoms with Gasteiger partial charge >= 0.3 is 0 Å². The van der Waals surface area contributed by atoms with Crippen LogP contribution in [0.25, 0.3) is 10.1 Å².